The summed E-state index contributed by atoms with van der Waals surface area (Å²) in [5, 5.41) is 7.66. The Hall–Kier alpha value is -1.56. The highest BCUT2D eigenvalue weighted by Gasteiger charge is 2.35. The smallest absolute Gasteiger partial charge is 0.322 e. The molecule has 0 spiro atoms. The largest absolute Gasteiger partial charge is 0.497 e. The zero-order valence-electron chi connectivity index (χ0n) is 11.2. The number of carboxylic acids is 1. The summed E-state index contributed by atoms with van der Waals surface area (Å²) in [5.74, 6) is -1.55. The summed E-state index contributed by atoms with van der Waals surface area (Å²) in [5.41, 5.74) is 0.520. The topological polar surface area (TPSA) is 80.7 Å². The van der Waals surface area contributed by atoms with Gasteiger partial charge in [-0.15, -0.1) is 0 Å². The number of benzene rings is 1. The zero-order valence-corrected chi connectivity index (χ0v) is 12.0. The third-order valence-corrected chi connectivity index (χ3v) is 4.99. The van der Waals surface area contributed by atoms with Crippen LogP contribution in [0.4, 0.5) is 0 Å². The van der Waals surface area contributed by atoms with Crippen LogP contribution in [0.5, 0.6) is 5.75 Å². The third kappa shape index (κ3) is 3.96. The lowest BCUT2D eigenvalue weighted by molar-refractivity contribution is -0.137. The van der Waals surface area contributed by atoms with Crippen LogP contribution in [0.1, 0.15) is 19.4 Å². The molecule has 0 saturated heterocycles. The van der Waals surface area contributed by atoms with E-state index in [1.165, 1.54) is 7.11 Å². The Morgan fingerprint density at radius 1 is 1.37 bits per heavy atom. The number of carboxylic acid groups (broad SMARTS) is 1. The van der Waals surface area contributed by atoms with Crippen LogP contribution >= 0.6 is 0 Å². The summed E-state index contributed by atoms with van der Waals surface area (Å²) in [7, 11) is -2.27. The standard InChI is InChI=1S/C13H18O5S/c1-9(2)12(13(14)15)19(16,17)8-10-5-4-6-11(7-10)18-3/h4-7,9,12H,8H2,1-3H3,(H,14,15). The van der Waals surface area contributed by atoms with E-state index in [2.05, 4.69) is 0 Å². The Morgan fingerprint density at radius 2 is 2.00 bits per heavy atom. The van der Waals surface area contributed by atoms with Crippen LogP contribution < -0.4 is 4.74 Å². The van der Waals surface area contributed by atoms with Crippen molar-refractivity contribution in [2.45, 2.75) is 24.9 Å². The second kappa shape index (κ2) is 6.06. The first-order valence-corrected chi connectivity index (χ1v) is 7.56. The lowest BCUT2D eigenvalue weighted by atomic mass is 10.1. The minimum atomic E-state index is -3.75. The molecule has 0 amide bonds. The molecule has 1 N–H and O–H groups in total. The van der Waals surface area contributed by atoms with E-state index in [9.17, 15) is 13.2 Å². The number of ether oxygens (including phenoxy) is 1. The van der Waals surface area contributed by atoms with Crippen molar-refractivity contribution in [3.8, 4) is 5.75 Å². The fourth-order valence-electron chi connectivity index (χ4n) is 1.94. The average Bonchev–Trinajstić information content (AvgIpc) is 2.26. The molecule has 0 radical (unpaired) electrons. The Labute approximate surface area is 113 Å². The van der Waals surface area contributed by atoms with Gasteiger partial charge in [0.2, 0.25) is 0 Å². The maximum atomic E-state index is 12.2. The number of hydrogen-bond acceptors (Lipinski definition) is 4. The van der Waals surface area contributed by atoms with Gasteiger partial charge in [0.1, 0.15) is 5.75 Å². The van der Waals surface area contributed by atoms with Crippen molar-refractivity contribution >= 4 is 15.8 Å². The van der Waals surface area contributed by atoms with Gasteiger partial charge in [0.15, 0.2) is 15.1 Å². The zero-order chi connectivity index (χ0) is 14.6. The number of rotatable bonds is 6. The summed E-state index contributed by atoms with van der Waals surface area (Å²) < 4.78 is 29.3. The molecule has 106 valence electrons. The number of sulfone groups is 1. The fourth-order valence-corrected chi connectivity index (χ4v) is 3.90. The molecule has 1 unspecified atom stereocenters. The summed E-state index contributed by atoms with van der Waals surface area (Å²) in [6.45, 7) is 3.17. The highest BCUT2D eigenvalue weighted by atomic mass is 32.2. The lowest BCUT2D eigenvalue weighted by Gasteiger charge is -2.17. The van der Waals surface area contributed by atoms with Gasteiger partial charge in [-0.2, -0.15) is 0 Å². The normalized spacial score (nSPS) is 13.3. The van der Waals surface area contributed by atoms with Crippen molar-refractivity contribution in [2.75, 3.05) is 7.11 Å². The van der Waals surface area contributed by atoms with E-state index < -0.39 is 27.0 Å². The SMILES string of the molecule is COc1cccc(CS(=O)(=O)C(C(=O)O)C(C)C)c1. The van der Waals surface area contributed by atoms with Crippen LogP contribution in [0.15, 0.2) is 24.3 Å². The highest BCUT2D eigenvalue weighted by Crippen LogP contribution is 2.20. The van der Waals surface area contributed by atoms with E-state index in [4.69, 9.17) is 9.84 Å². The molecule has 1 atom stereocenters. The first kappa shape index (κ1) is 15.5. The molecule has 0 saturated carbocycles. The van der Waals surface area contributed by atoms with Crippen LogP contribution in [-0.2, 0) is 20.4 Å². The van der Waals surface area contributed by atoms with Gasteiger partial charge in [0.25, 0.3) is 0 Å². The van der Waals surface area contributed by atoms with E-state index in [1.54, 1.807) is 38.1 Å². The predicted octanol–water partition coefficient (Wildman–Crippen LogP) is 1.72. The Bertz CT molecular complexity index is 548. The van der Waals surface area contributed by atoms with E-state index in [0.29, 0.717) is 11.3 Å². The summed E-state index contributed by atoms with van der Waals surface area (Å²) in [6.07, 6.45) is 0. The second-order valence-electron chi connectivity index (χ2n) is 4.66. The second-order valence-corrected chi connectivity index (χ2v) is 6.78. The van der Waals surface area contributed by atoms with E-state index in [0.717, 1.165) is 0 Å². The number of carbonyl (C=O) groups is 1. The van der Waals surface area contributed by atoms with Gasteiger partial charge in [-0.05, 0) is 23.6 Å². The molecule has 0 aromatic heterocycles. The van der Waals surface area contributed by atoms with Crippen molar-refractivity contribution in [1.29, 1.82) is 0 Å². The van der Waals surface area contributed by atoms with Crippen molar-refractivity contribution in [1.82, 2.24) is 0 Å². The van der Waals surface area contributed by atoms with Gasteiger partial charge in [-0.25, -0.2) is 8.42 Å². The molecule has 6 heteroatoms. The van der Waals surface area contributed by atoms with E-state index in [1.807, 2.05) is 0 Å². The Balaban J connectivity index is 3.04. The van der Waals surface area contributed by atoms with Gasteiger partial charge < -0.3 is 9.84 Å². The van der Waals surface area contributed by atoms with Crippen LogP contribution in [0.25, 0.3) is 0 Å². The van der Waals surface area contributed by atoms with Crippen LogP contribution in [0.3, 0.4) is 0 Å². The molecule has 1 aromatic carbocycles. The molecule has 0 fully saturated rings. The summed E-state index contributed by atoms with van der Waals surface area (Å²) in [4.78, 5) is 11.1. The molecule has 0 aliphatic heterocycles. The average molecular weight is 286 g/mol. The number of methoxy groups -OCH3 is 1. The van der Waals surface area contributed by atoms with Gasteiger partial charge in [0, 0.05) is 0 Å². The van der Waals surface area contributed by atoms with Crippen molar-refractivity contribution < 1.29 is 23.1 Å². The molecule has 5 nitrogen and oxygen atoms in total. The van der Waals surface area contributed by atoms with E-state index in [-0.39, 0.29) is 5.75 Å². The van der Waals surface area contributed by atoms with Gasteiger partial charge in [0.05, 0.1) is 12.9 Å². The number of hydrogen-bond donors (Lipinski definition) is 1. The predicted molar refractivity (Wildman–Crippen MR) is 71.9 cm³/mol. The van der Waals surface area contributed by atoms with Gasteiger partial charge in [-0.3, -0.25) is 4.79 Å². The molecule has 0 aliphatic carbocycles. The Kier molecular flexibility index (Phi) is 4.94. The molecule has 0 aliphatic rings. The molecule has 1 rings (SSSR count). The third-order valence-electron chi connectivity index (χ3n) is 2.74. The highest BCUT2D eigenvalue weighted by molar-refractivity contribution is 7.92. The van der Waals surface area contributed by atoms with E-state index >= 15 is 0 Å². The molecule has 0 heterocycles. The minimum absolute atomic E-state index is 0.306. The molecule has 0 bridgehead atoms. The number of aliphatic carboxylic acids is 1. The maximum absolute atomic E-state index is 12.2. The summed E-state index contributed by atoms with van der Waals surface area (Å²) >= 11 is 0. The van der Waals surface area contributed by atoms with Crippen LogP contribution in [0.2, 0.25) is 0 Å². The molecular weight excluding hydrogens is 268 g/mol. The summed E-state index contributed by atoms with van der Waals surface area (Å²) in [6, 6.07) is 6.61. The van der Waals surface area contributed by atoms with Crippen LogP contribution in [0, 0.1) is 5.92 Å². The van der Waals surface area contributed by atoms with Crippen molar-refractivity contribution in [2.24, 2.45) is 5.92 Å². The van der Waals surface area contributed by atoms with Crippen molar-refractivity contribution in [3.05, 3.63) is 29.8 Å². The van der Waals surface area contributed by atoms with Crippen molar-refractivity contribution in [3.63, 3.8) is 0 Å². The molecule has 19 heavy (non-hydrogen) atoms. The quantitative estimate of drug-likeness (QED) is 0.861. The first-order valence-electron chi connectivity index (χ1n) is 5.85. The van der Waals surface area contributed by atoms with Gasteiger partial charge >= 0.3 is 5.97 Å². The molecule has 1 aromatic rings. The Morgan fingerprint density at radius 3 is 2.47 bits per heavy atom. The molecular formula is C13H18O5S. The maximum Gasteiger partial charge on any atom is 0.322 e. The minimum Gasteiger partial charge on any atom is -0.497 e. The fraction of sp³-hybridized carbons (Fsp3) is 0.462. The monoisotopic (exact) mass is 286 g/mol. The van der Waals surface area contributed by atoms with Crippen LogP contribution in [-0.4, -0.2) is 31.9 Å². The first-order chi connectivity index (χ1) is 8.77. The van der Waals surface area contributed by atoms with Gasteiger partial charge in [-0.1, -0.05) is 26.0 Å². The lowest BCUT2D eigenvalue weighted by Crippen LogP contribution is -2.35.